The number of nitrogens with zero attached hydrogens (tertiary/aromatic N) is 3. The van der Waals surface area contributed by atoms with Crippen molar-refractivity contribution in [2.24, 2.45) is 4.99 Å². The fourth-order valence-electron chi connectivity index (χ4n) is 5.11. The number of benzene rings is 3. The van der Waals surface area contributed by atoms with Crippen LogP contribution in [0.15, 0.2) is 76.0 Å². The molecule has 4 aromatic rings. The lowest BCUT2D eigenvalue weighted by atomic mass is 9.83. The van der Waals surface area contributed by atoms with E-state index in [4.69, 9.17) is 21.3 Å². The topological polar surface area (TPSA) is 107 Å². The second-order valence-electron chi connectivity index (χ2n) is 9.01. The van der Waals surface area contributed by atoms with Crippen LogP contribution in [-0.4, -0.2) is 21.7 Å². The third kappa shape index (κ3) is 3.91. The number of allylic oxidation sites excluding steroid dienone is 1. The number of phenols is 1. The molecule has 6 rings (SSSR count). The molecule has 0 bridgehead atoms. The van der Waals surface area contributed by atoms with E-state index < -0.39 is 16.4 Å². The molecule has 1 aliphatic carbocycles. The normalized spacial score (nSPS) is 16.4. The molecular formula is C28H20ClN3O5S. The van der Waals surface area contributed by atoms with Crippen LogP contribution >= 0.6 is 22.9 Å². The van der Waals surface area contributed by atoms with E-state index in [1.807, 2.05) is 36.4 Å². The number of hydrogen-bond acceptors (Lipinski definition) is 7. The molecule has 0 saturated heterocycles. The number of halogens is 1. The van der Waals surface area contributed by atoms with E-state index in [9.17, 15) is 20.0 Å². The maximum Gasteiger partial charge on any atom is 0.315 e. The Labute approximate surface area is 225 Å². The summed E-state index contributed by atoms with van der Waals surface area (Å²) in [6.45, 7) is 0. The number of aryl methyl sites for hydroxylation is 1. The first kappa shape index (κ1) is 24.1. The molecule has 2 heterocycles. The van der Waals surface area contributed by atoms with Crippen molar-refractivity contribution in [2.45, 2.75) is 18.9 Å². The number of methoxy groups -OCH3 is 1. The van der Waals surface area contributed by atoms with Crippen LogP contribution < -0.4 is 19.6 Å². The average Bonchev–Trinajstić information content (AvgIpc) is 3.23. The highest BCUT2D eigenvalue weighted by Crippen LogP contribution is 2.41. The molecule has 0 unspecified atom stereocenters. The van der Waals surface area contributed by atoms with Crippen LogP contribution in [0, 0.1) is 10.1 Å². The number of aromatic nitrogens is 1. The van der Waals surface area contributed by atoms with Gasteiger partial charge in [0.15, 0.2) is 10.6 Å². The van der Waals surface area contributed by atoms with Crippen molar-refractivity contribution in [1.82, 2.24) is 4.57 Å². The molecular weight excluding hydrogens is 526 g/mol. The zero-order valence-corrected chi connectivity index (χ0v) is 21.6. The predicted octanol–water partition coefficient (Wildman–Crippen LogP) is 4.59. The van der Waals surface area contributed by atoms with Gasteiger partial charge in [-0.05, 0) is 59.4 Å². The van der Waals surface area contributed by atoms with Gasteiger partial charge in [-0.1, -0.05) is 59.3 Å². The molecule has 1 atom stereocenters. The van der Waals surface area contributed by atoms with E-state index >= 15 is 0 Å². The van der Waals surface area contributed by atoms with Crippen molar-refractivity contribution in [3.8, 4) is 11.5 Å². The molecule has 10 heteroatoms. The summed E-state index contributed by atoms with van der Waals surface area (Å²) in [5.41, 5.74) is 4.73. The standard InChI is InChI=1S/C28H20ClN3O5S/c1-37-22-13-15(12-21(26(22)33)32(35)36)14-23-27(34)31-25(17-6-9-18(29)10-7-17)20-11-8-16-4-2-3-5-19(16)24(20)30-28(31)38-23/h2-7,9-10,12-14,25,33H,8,11H2,1H3/b23-14+/t25-/m0/s1. The van der Waals surface area contributed by atoms with Gasteiger partial charge in [0.1, 0.15) is 0 Å². The van der Waals surface area contributed by atoms with E-state index in [1.165, 1.54) is 36.1 Å². The number of aromatic hydroxyl groups is 1. The molecule has 2 aliphatic rings. The smallest absolute Gasteiger partial charge is 0.315 e. The van der Waals surface area contributed by atoms with Crippen LogP contribution in [0.3, 0.4) is 0 Å². The van der Waals surface area contributed by atoms with Crippen molar-refractivity contribution in [2.75, 3.05) is 7.11 Å². The molecule has 3 aromatic carbocycles. The summed E-state index contributed by atoms with van der Waals surface area (Å²) in [4.78, 5) is 30.1. The Hall–Kier alpha value is -4.21. The highest BCUT2D eigenvalue weighted by molar-refractivity contribution is 7.07. The number of fused-ring (bicyclic) bond motifs is 3. The maximum absolute atomic E-state index is 13.8. The minimum absolute atomic E-state index is 0.0515. The van der Waals surface area contributed by atoms with E-state index in [0.29, 0.717) is 19.9 Å². The lowest BCUT2D eigenvalue weighted by Crippen LogP contribution is -2.38. The van der Waals surface area contributed by atoms with Gasteiger partial charge in [-0.2, -0.15) is 0 Å². The number of phenolic OH excluding ortho intramolecular Hbond substituents is 1. The van der Waals surface area contributed by atoms with E-state index in [1.54, 1.807) is 10.6 Å². The van der Waals surface area contributed by atoms with Gasteiger partial charge in [0.2, 0.25) is 5.75 Å². The van der Waals surface area contributed by atoms with E-state index in [2.05, 4.69) is 12.1 Å². The summed E-state index contributed by atoms with van der Waals surface area (Å²) < 4.78 is 7.17. The average molecular weight is 546 g/mol. The molecule has 8 nitrogen and oxygen atoms in total. The molecule has 1 N–H and O–H groups in total. The minimum atomic E-state index is -0.692. The first-order valence-corrected chi connectivity index (χ1v) is 13.0. The summed E-state index contributed by atoms with van der Waals surface area (Å²) in [5, 5.41) is 22.2. The Kier molecular flexibility index (Phi) is 5.89. The van der Waals surface area contributed by atoms with Gasteiger partial charge in [-0.3, -0.25) is 19.5 Å². The number of rotatable bonds is 4. The summed E-state index contributed by atoms with van der Waals surface area (Å²) in [5.74, 6) is -0.616. The Morgan fingerprint density at radius 2 is 1.95 bits per heavy atom. The zero-order chi connectivity index (χ0) is 26.6. The third-order valence-electron chi connectivity index (χ3n) is 6.85. The molecule has 0 spiro atoms. The first-order valence-electron chi connectivity index (χ1n) is 11.8. The van der Waals surface area contributed by atoms with Gasteiger partial charge in [0, 0.05) is 16.7 Å². The Morgan fingerprint density at radius 1 is 1.18 bits per heavy atom. The first-order chi connectivity index (χ1) is 18.4. The van der Waals surface area contributed by atoms with Crippen LogP contribution in [0.4, 0.5) is 5.69 Å². The van der Waals surface area contributed by atoms with Gasteiger partial charge in [0.05, 0.1) is 28.3 Å². The second kappa shape index (κ2) is 9.27. The Bertz CT molecular complexity index is 1840. The molecule has 0 fully saturated rings. The maximum atomic E-state index is 13.8. The van der Waals surface area contributed by atoms with E-state index in [0.717, 1.165) is 35.2 Å². The van der Waals surface area contributed by atoms with Crippen LogP contribution in [0.1, 0.15) is 34.7 Å². The van der Waals surface area contributed by atoms with Crippen LogP contribution in [-0.2, 0) is 6.42 Å². The summed E-state index contributed by atoms with van der Waals surface area (Å²) in [6, 6.07) is 17.9. The minimum Gasteiger partial charge on any atom is -0.500 e. The van der Waals surface area contributed by atoms with Gasteiger partial charge in [-0.25, -0.2) is 4.99 Å². The zero-order valence-electron chi connectivity index (χ0n) is 20.1. The Balaban J connectivity index is 1.60. The van der Waals surface area contributed by atoms with Crippen molar-refractivity contribution in [1.29, 1.82) is 0 Å². The molecule has 0 radical (unpaired) electrons. The van der Waals surface area contributed by atoms with Crippen molar-refractivity contribution in [3.05, 3.63) is 123 Å². The SMILES string of the molecule is COc1cc(/C=c2/sc3n(c2=O)[C@@H](c2ccc(Cl)cc2)C2=C(N=3)c3ccccc3CC2)cc([N+](=O)[O-])c1O. The van der Waals surface area contributed by atoms with Crippen LogP contribution in [0.25, 0.3) is 11.8 Å². The molecule has 0 saturated carbocycles. The van der Waals surface area contributed by atoms with Gasteiger partial charge < -0.3 is 9.84 Å². The molecule has 1 aromatic heterocycles. The molecule has 1 aliphatic heterocycles. The predicted molar refractivity (Wildman–Crippen MR) is 146 cm³/mol. The number of thiazole rings is 1. The second-order valence-corrected chi connectivity index (χ2v) is 10.5. The molecule has 38 heavy (non-hydrogen) atoms. The lowest BCUT2D eigenvalue weighted by molar-refractivity contribution is -0.386. The van der Waals surface area contributed by atoms with Crippen molar-refractivity contribution >= 4 is 40.4 Å². The number of ether oxygens (including phenoxy) is 1. The fraction of sp³-hybridized carbons (Fsp3) is 0.143. The lowest BCUT2D eigenvalue weighted by Gasteiger charge is -2.30. The highest BCUT2D eigenvalue weighted by Gasteiger charge is 2.32. The third-order valence-corrected chi connectivity index (χ3v) is 8.09. The summed E-state index contributed by atoms with van der Waals surface area (Å²) >= 11 is 7.39. The molecule has 190 valence electrons. The van der Waals surface area contributed by atoms with Crippen LogP contribution in [0.2, 0.25) is 5.02 Å². The largest absolute Gasteiger partial charge is 0.500 e. The van der Waals surface area contributed by atoms with Gasteiger partial charge in [0.25, 0.3) is 5.56 Å². The Morgan fingerprint density at radius 3 is 2.68 bits per heavy atom. The van der Waals surface area contributed by atoms with Gasteiger partial charge in [-0.15, -0.1) is 0 Å². The van der Waals surface area contributed by atoms with Crippen molar-refractivity contribution < 1.29 is 14.8 Å². The fourth-order valence-corrected chi connectivity index (χ4v) is 6.24. The number of nitro benzene ring substituents is 1. The quantitative estimate of drug-likeness (QED) is 0.298. The summed E-state index contributed by atoms with van der Waals surface area (Å²) in [7, 11) is 1.31. The van der Waals surface area contributed by atoms with Crippen molar-refractivity contribution in [3.63, 3.8) is 0 Å². The van der Waals surface area contributed by atoms with Crippen LogP contribution in [0.5, 0.6) is 11.5 Å². The summed E-state index contributed by atoms with van der Waals surface area (Å²) in [6.07, 6.45) is 3.17. The van der Waals surface area contributed by atoms with E-state index in [-0.39, 0.29) is 17.4 Å². The number of hydrogen-bond donors (Lipinski definition) is 1. The molecule has 0 amide bonds. The number of nitro groups is 1. The highest BCUT2D eigenvalue weighted by atomic mass is 35.5. The monoisotopic (exact) mass is 545 g/mol. The van der Waals surface area contributed by atoms with Gasteiger partial charge >= 0.3 is 5.69 Å².